The van der Waals surface area contributed by atoms with Crippen molar-refractivity contribution >= 4 is 35.6 Å². The largest absolute Gasteiger partial charge is 0.493 e. The lowest BCUT2D eigenvalue weighted by Crippen LogP contribution is -2.57. The van der Waals surface area contributed by atoms with Crippen molar-refractivity contribution in [2.75, 3.05) is 41.5 Å². The summed E-state index contributed by atoms with van der Waals surface area (Å²) in [6.07, 6.45) is 0.127. The average Bonchev–Trinajstić information content (AvgIpc) is 2.96. The molecule has 0 bridgehead atoms. The Morgan fingerprint density at radius 2 is 1.79 bits per heavy atom. The predicted molar refractivity (Wildman–Crippen MR) is 143 cm³/mol. The van der Waals surface area contributed by atoms with Crippen molar-refractivity contribution in [2.24, 2.45) is 10.8 Å². The second-order valence-corrected chi connectivity index (χ2v) is 8.73. The Bertz CT molecular complexity index is 1210. The summed E-state index contributed by atoms with van der Waals surface area (Å²) in [7, 11) is 5.27. The van der Waals surface area contributed by atoms with Crippen LogP contribution >= 0.6 is 0 Å². The first-order chi connectivity index (χ1) is 19.9. The fourth-order valence-electron chi connectivity index (χ4n) is 4.01. The number of carbonyl (C=O) groups excluding carboxylic acids is 5. The fraction of sp³-hybridized carbons (Fsp3) is 0.500. The number of nitrogens with two attached hydrogens (primary N) is 1. The molecule has 1 heterocycles. The van der Waals surface area contributed by atoms with Crippen molar-refractivity contribution in [3.8, 4) is 17.2 Å². The summed E-state index contributed by atoms with van der Waals surface area (Å²) in [6.45, 7) is -0.620. The van der Waals surface area contributed by atoms with Gasteiger partial charge in [-0.15, -0.1) is 0 Å². The van der Waals surface area contributed by atoms with Crippen molar-refractivity contribution in [3.05, 3.63) is 27.8 Å². The van der Waals surface area contributed by atoms with Gasteiger partial charge in [0.1, 0.15) is 23.7 Å². The number of rotatable bonds is 14. The number of imide groups is 1. The summed E-state index contributed by atoms with van der Waals surface area (Å²) in [6, 6.07) is 0.526. The van der Waals surface area contributed by atoms with Gasteiger partial charge in [0.2, 0.25) is 17.6 Å². The Labute approximate surface area is 240 Å². The van der Waals surface area contributed by atoms with E-state index in [0.717, 1.165) is 7.11 Å². The molecule has 0 saturated carbocycles. The minimum Gasteiger partial charge on any atom is -0.493 e. The van der Waals surface area contributed by atoms with Gasteiger partial charge in [-0.05, 0) is 31.4 Å². The number of nitrogens with one attached hydrogen (secondary N) is 3. The molecular formula is C24H33N7O11. The van der Waals surface area contributed by atoms with Crippen LogP contribution in [0.3, 0.4) is 0 Å². The lowest BCUT2D eigenvalue weighted by molar-refractivity contribution is -0.485. The number of likely N-dealkylation sites (tertiary alicyclic amines) is 1. The van der Waals surface area contributed by atoms with E-state index in [1.807, 2.05) is 0 Å². The molecule has 230 valence electrons. The van der Waals surface area contributed by atoms with Crippen LogP contribution < -0.4 is 35.9 Å². The second-order valence-electron chi connectivity index (χ2n) is 8.73. The third kappa shape index (κ3) is 8.93. The fourth-order valence-corrected chi connectivity index (χ4v) is 4.01. The third-order valence-corrected chi connectivity index (χ3v) is 6.03. The van der Waals surface area contributed by atoms with E-state index in [1.54, 1.807) is 0 Å². The van der Waals surface area contributed by atoms with Gasteiger partial charge in [0, 0.05) is 18.5 Å². The summed E-state index contributed by atoms with van der Waals surface area (Å²) < 4.78 is 20.4. The molecule has 1 fully saturated rings. The van der Waals surface area contributed by atoms with Crippen molar-refractivity contribution in [1.82, 2.24) is 20.9 Å². The van der Waals surface area contributed by atoms with Gasteiger partial charge in [-0.3, -0.25) is 24.1 Å². The quantitative estimate of drug-likeness (QED) is 0.0364. The van der Waals surface area contributed by atoms with Crippen LogP contribution in [0.4, 0.5) is 0 Å². The molecule has 0 radical (unpaired) electrons. The maximum atomic E-state index is 13.1. The molecule has 1 aliphatic heterocycles. The second kappa shape index (κ2) is 15.6. The number of nitro groups is 1. The van der Waals surface area contributed by atoms with E-state index in [-0.39, 0.29) is 55.0 Å². The first kappa shape index (κ1) is 33.0. The Hall–Kier alpha value is -5.16. The molecule has 2 rings (SSSR count). The van der Waals surface area contributed by atoms with E-state index < -0.39 is 59.2 Å². The van der Waals surface area contributed by atoms with E-state index in [0.29, 0.717) is 4.90 Å². The normalized spacial score (nSPS) is 15.8. The van der Waals surface area contributed by atoms with Crippen LogP contribution in [0.25, 0.3) is 0 Å². The zero-order valence-corrected chi connectivity index (χ0v) is 23.5. The number of ether oxygens (including phenoxy) is 4. The first-order valence-corrected chi connectivity index (χ1v) is 12.5. The summed E-state index contributed by atoms with van der Waals surface area (Å²) in [4.78, 5) is 74.5. The highest BCUT2D eigenvalue weighted by Gasteiger charge is 2.37. The zero-order valence-electron chi connectivity index (χ0n) is 23.5. The van der Waals surface area contributed by atoms with E-state index in [4.69, 9.17) is 24.7 Å². The smallest absolute Gasteiger partial charge is 0.328 e. The minimum atomic E-state index is -1.15. The molecule has 1 aromatic carbocycles. The molecule has 4 amide bonds. The SMILES string of the molecule is COC(=O)[C@H](CCCN/C(N)=N\[N+](=O)[O-])NC(=O)CN1C(=O)CC[C@H](NC(=O)c2cc(OC)c(OC)c(OC)c2)C1=O. The summed E-state index contributed by atoms with van der Waals surface area (Å²) >= 11 is 0. The molecule has 0 aliphatic carbocycles. The van der Waals surface area contributed by atoms with Gasteiger partial charge in [-0.1, -0.05) is 0 Å². The molecule has 18 heteroatoms. The molecule has 1 aromatic rings. The predicted octanol–water partition coefficient (Wildman–Crippen LogP) is -1.51. The van der Waals surface area contributed by atoms with E-state index >= 15 is 0 Å². The number of esters is 1. The van der Waals surface area contributed by atoms with Gasteiger partial charge < -0.3 is 40.6 Å². The van der Waals surface area contributed by atoms with E-state index in [1.165, 1.54) is 33.5 Å². The zero-order chi connectivity index (χ0) is 31.4. The molecule has 0 unspecified atom stereocenters. The van der Waals surface area contributed by atoms with E-state index in [9.17, 15) is 34.1 Å². The maximum Gasteiger partial charge on any atom is 0.328 e. The molecule has 0 spiro atoms. The highest BCUT2D eigenvalue weighted by Crippen LogP contribution is 2.38. The minimum absolute atomic E-state index is 0.00657. The molecule has 1 saturated heterocycles. The number of piperidine rings is 1. The first-order valence-electron chi connectivity index (χ1n) is 12.5. The monoisotopic (exact) mass is 595 g/mol. The number of benzene rings is 1. The van der Waals surface area contributed by atoms with Gasteiger partial charge in [0.05, 0.1) is 28.4 Å². The Morgan fingerprint density at radius 1 is 1.14 bits per heavy atom. The average molecular weight is 596 g/mol. The molecule has 5 N–H and O–H groups in total. The maximum absolute atomic E-state index is 13.1. The van der Waals surface area contributed by atoms with E-state index in [2.05, 4.69) is 21.1 Å². The number of nitrogens with zero attached hydrogens (tertiary/aromatic N) is 3. The van der Waals surface area contributed by atoms with Crippen molar-refractivity contribution in [2.45, 2.75) is 37.8 Å². The number of hydrogen-bond donors (Lipinski definition) is 4. The van der Waals surface area contributed by atoms with Crippen molar-refractivity contribution in [3.63, 3.8) is 0 Å². The van der Waals surface area contributed by atoms with Crippen LogP contribution in [0.1, 0.15) is 36.0 Å². The van der Waals surface area contributed by atoms with Crippen molar-refractivity contribution in [1.29, 1.82) is 0 Å². The molecule has 18 nitrogen and oxygen atoms in total. The van der Waals surface area contributed by atoms with Crippen molar-refractivity contribution < 1.29 is 48.0 Å². The summed E-state index contributed by atoms with van der Waals surface area (Å²) in [5, 5.41) is 19.7. The third-order valence-electron chi connectivity index (χ3n) is 6.03. The van der Waals surface area contributed by atoms with Crippen LogP contribution in [0.5, 0.6) is 17.2 Å². The lowest BCUT2D eigenvalue weighted by atomic mass is 10.0. The lowest BCUT2D eigenvalue weighted by Gasteiger charge is -2.31. The highest BCUT2D eigenvalue weighted by molar-refractivity contribution is 6.06. The molecule has 2 atom stereocenters. The van der Waals surface area contributed by atoms with Crippen LogP contribution in [-0.4, -0.2) is 99.1 Å². The van der Waals surface area contributed by atoms with Gasteiger partial charge in [0.15, 0.2) is 16.5 Å². The number of carbonyl (C=O) groups is 5. The van der Waals surface area contributed by atoms with Gasteiger partial charge in [0.25, 0.3) is 17.8 Å². The van der Waals surface area contributed by atoms with Gasteiger partial charge in [-0.25, -0.2) is 14.9 Å². The summed E-state index contributed by atoms with van der Waals surface area (Å²) in [5.74, 6) is -3.45. The van der Waals surface area contributed by atoms with Crippen LogP contribution in [-0.2, 0) is 23.9 Å². The number of amides is 4. The summed E-state index contributed by atoms with van der Waals surface area (Å²) in [5.41, 5.74) is 5.42. The molecule has 0 aromatic heterocycles. The standard InChI is InChI=1S/C24H33N7O11/c1-39-16-10-13(11-17(40-2)20(16)41-3)21(34)28-14-7-8-19(33)30(22(14)35)12-18(32)27-15(23(36)42-4)6-5-9-26-24(25)29-31(37)38/h10-11,14-15H,5-9,12H2,1-4H3,(H,27,32)(H,28,34)(H3,25,26,29)/t14-,15-/m0/s1. The van der Waals surface area contributed by atoms with Crippen LogP contribution in [0.15, 0.2) is 17.2 Å². The number of hydrogen-bond acceptors (Lipinski definition) is 11. The van der Waals surface area contributed by atoms with Gasteiger partial charge in [-0.2, -0.15) is 0 Å². The number of guanidine groups is 1. The molecular weight excluding hydrogens is 562 g/mol. The molecule has 1 aliphatic rings. The van der Waals surface area contributed by atoms with Gasteiger partial charge >= 0.3 is 5.97 Å². The van der Waals surface area contributed by atoms with Crippen LogP contribution in [0.2, 0.25) is 0 Å². The topological polar surface area (TPSA) is 243 Å². The van der Waals surface area contributed by atoms with Crippen LogP contribution in [0, 0.1) is 10.1 Å². The number of methoxy groups -OCH3 is 4. The Morgan fingerprint density at radius 3 is 2.33 bits per heavy atom. The highest BCUT2D eigenvalue weighted by atomic mass is 16.7. The number of hydrazone groups is 1. The molecule has 42 heavy (non-hydrogen) atoms. The Kier molecular flexibility index (Phi) is 12.3. The Balaban J connectivity index is 2.05.